The highest BCUT2D eigenvalue weighted by Crippen LogP contribution is 2.42. The number of aromatic amines is 2. The summed E-state index contributed by atoms with van der Waals surface area (Å²) in [5.41, 5.74) is 7.56. The minimum absolute atomic E-state index is 0.178. The zero-order valence-corrected chi connectivity index (χ0v) is 29.0. The van der Waals surface area contributed by atoms with Crippen molar-refractivity contribution in [3.63, 3.8) is 0 Å². The molecule has 5 heterocycles. The van der Waals surface area contributed by atoms with Crippen molar-refractivity contribution in [2.75, 3.05) is 0 Å². The molecule has 0 saturated heterocycles. The lowest BCUT2D eigenvalue weighted by Crippen LogP contribution is -1.90. The Kier molecular flexibility index (Phi) is 7.69. The summed E-state index contributed by atoms with van der Waals surface area (Å²) in [4.78, 5) is 17.0. The van der Waals surface area contributed by atoms with E-state index in [1.54, 1.807) is 48.6 Å². The molecule has 0 saturated carbocycles. The third kappa shape index (κ3) is 6.02. The average molecular weight is 743 g/mol. The first kappa shape index (κ1) is 33.7. The summed E-state index contributed by atoms with van der Waals surface area (Å²) in [5.74, 6) is -1.42. The lowest BCUT2D eigenvalue weighted by Gasteiger charge is -2.08. The van der Waals surface area contributed by atoms with Crippen LogP contribution in [0.2, 0.25) is 0 Å². The van der Waals surface area contributed by atoms with Gasteiger partial charge in [-0.25, -0.2) is 9.97 Å². The van der Waals surface area contributed by atoms with Crippen LogP contribution >= 0.6 is 0 Å². The van der Waals surface area contributed by atoms with Crippen LogP contribution in [0.3, 0.4) is 0 Å². The molecule has 12 heteroatoms. The van der Waals surface area contributed by atoms with E-state index in [0.717, 1.165) is 0 Å². The Labute approximate surface area is 316 Å². The van der Waals surface area contributed by atoms with Gasteiger partial charge in [-0.2, -0.15) is 0 Å². The zero-order valence-electron chi connectivity index (χ0n) is 29.0. The number of aromatic nitrogens is 4. The fourth-order valence-electron chi connectivity index (χ4n) is 7.38. The highest BCUT2D eigenvalue weighted by Gasteiger charge is 2.21. The predicted molar refractivity (Wildman–Crippen MR) is 214 cm³/mol. The number of nitrogens with one attached hydrogen (secondary N) is 2. The topological polar surface area (TPSA) is 219 Å². The van der Waals surface area contributed by atoms with Gasteiger partial charge in [-0.1, -0.05) is 0 Å². The van der Waals surface area contributed by atoms with Gasteiger partial charge in [0.25, 0.3) is 0 Å². The lowest BCUT2D eigenvalue weighted by molar-refractivity contribution is 0.450. The fraction of sp³-hybridized carbons (Fsp3) is 0. The van der Waals surface area contributed by atoms with Crippen LogP contribution in [0, 0.1) is 0 Å². The van der Waals surface area contributed by atoms with Gasteiger partial charge in [0, 0.05) is 68.6 Å². The first-order valence-corrected chi connectivity index (χ1v) is 17.3. The Balaban J connectivity index is 1.50. The largest absolute Gasteiger partial charge is 0.508 e. The molecule has 3 aromatic heterocycles. The summed E-state index contributed by atoms with van der Waals surface area (Å²) in [7, 11) is 0. The maximum Gasteiger partial charge on any atom is 0.119 e. The molecule has 0 unspecified atom stereocenters. The molecule has 0 spiro atoms. The van der Waals surface area contributed by atoms with Gasteiger partial charge in [0.2, 0.25) is 0 Å². The molecular weight excluding hydrogens is 713 g/mol. The number of phenolic OH excluding ortho intramolecular Hbond substituents is 8. The van der Waals surface area contributed by atoms with Crippen molar-refractivity contribution in [3.05, 3.63) is 120 Å². The lowest BCUT2D eigenvalue weighted by atomic mass is 10.0. The molecular formula is C44H30N4O8. The van der Waals surface area contributed by atoms with Crippen molar-refractivity contribution in [1.29, 1.82) is 0 Å². The van der Waals surface area contributed by atoms with Gasteiger partial charge in [0.05, 0.1) is 22.8 Å². The molecule has 2 aliphatic heterocycles. The van der Waals surface area contributed by atoms with E-state index >= 15 is 0 Å². The van der Waals surface area contributed by atoms with Crippen LogP contribution in [-0.4, -0.2) is 60.8 Å². The van der Waals surface area contributed by atoms with Gasteiger partial charge in [-0.3, -0.25) is 0 Å². The Hall–Kier alpha value is -8.12. The average Bonchev–Trinajstić information content (AvgIpc) is 3.94. The molecule has 8 bridgehead atoms. The smallest absolute Gasteiger partial charge is 0.119 e. The third-order valence-corrected chi connectivity index (χ3v) is 9.52. The van der Waals surface area contributed by atoms with E-state index in [2.05, 4.69) is 9.97 Å². The van der Waals surface area contributed by atoms with E-state index in [-0.39, 0.29) is 46.0 Å². The molecule has 12 nitrogen and oxygen atoms in total. The Morgan fingerprint density at radius 2 is 0.482 bits per heavy atom. The highest BCUT2D eigenvalue weighted by atomic mass is 16.3. The number of nitrogens with zero attached hydrogens (tertiary/aromatic N) is 2. The van der Waals surface area contributed by atoms with E-state index in [9.17, 15) is 40.9 Å². The van der Waals surface area contributed by atoms with Crippen LogP contribution in [0.4, 0.5) is 0 Å². The normalized spacial score (nSPS) is 12.0. The van der Waals surface area contributed by atoms with E-state index in [1.165, 1.54) is 72.8 Å². The summed E-state index contributed by atoms with van der Waals surface area (Å²) in [6.45, 7) is 0. The molecule has 274 valence electrons. The number of benzene rings is 4. The molecule has 56 heavy (non-hydrogen) atoms. The van der Waals surface area contributed by atoms with Crippen LogP contribution in [-0.2, 0) is 0 Å². The number of hydrogen-bond donors (Lipinski definition) is 10. The van der Waals surface area contributed by atoms with E-state index < -0.39 is 0 Å². The predicted octanol–water partition coefficient (Wildman–Crippen LogP) is 8.97. The second-order valence-electron chi connectivity index (χ2n) is 13.5. The molecule has 2 aliphatic rings. The van der Waals surface area contributed by atoms with Crippen molar-refractivity contribution >= 4 is 46.4 Å². The maximum absolute atomic E-state index is 10.6. The second kappa shape index (κ2) is 12.8. The summed E-state index contributed by atoms with van der Waals surface area (Å²) in [6.07, 6.45) is 7.08. The van der Waals surface area contributed by atoms with Gasteiger partial charge < -0.3 is 50.8 Å². The standard InChI is InChI=1S/C44H30N4O8/c49-25-9-21(10-26(50)17-25)41-33-1-2-34(45-33)42(22-11-27(51)18-28(52)12-22)36-5-6-38(47-36)44(24-15-31(55)20-32(56)16-24)40-8-7-39(48-40)43(37-4-3-35(41)46-37)23-13-29(53)19-30(54)14-23/h1-20,45,48-56H. The first-order valence-electron chi connectivity index (χ1n) is 17.3. The molecule has 4 aromatic carbocycles. The second-order valence-corrected chi connectivity index (χ2v) is 13.5. The van der Waals surface area contributed by atoms with E-state index in [0.29, 0.717) is 89.4 Å². The van der Waals surface area contributed by atoms with Crippen molar-refractivity contribution in [1.82, 2.24) is 19.9 Å². The number of hydrogen-bond acceptors (Lipinski definition) is 10. The number of phenols is 8. The fourth-order valence-corrected chi connectivity index (χ4v) is 7.38. The molecule has 0 aliphatic carbocycles. The van der Waals surface area contributed by atoms with Crippen LogP contribution in [0.1, 0.15) is 22.8 Å². The van der Waals surface area contributed by atoms with Crippen LogP contribution in [0.25, 0.3) is 90.9 Å². The van der Waals surface area contributed by atoms with Gasteiger partial charge in [-0.05, 0) is 119 Å². The maximum atomic E-state index is 10.6. The summed E-state index contributed by atoms with van der Waals surface area (Å²) in [6, 6.07) is 24.0. The van der Waals surface area contributed by atoms with Crippen molar-refractivity contribution in [2.45, 2.75) is 0 Å². The molecule has 0 radical (unpaired) electrons. The monoisotopic (exact) mass is 742 g/mol. The molecule has 0 fully saturated rings. The Bertz CT molecular complexity index is 2550. The van der Waals surface area contributed by atoms with Crippen molar-refractivity contribution in [2.24, 2.45) is 0 Å². The summed E-state index contributed by atoms with van der Waals surface area (Å²) in [5, 5.41) is 84.7. The zero-order chi connectivity index (χ0) is 38.8. The molecule has 0 amide bonds. The van der Waals surface area contributed by atoms with Crippen LogP contribution in [0.5, 0.6) is 46.0 Å². The Morgan fingerprint density at radius 3 is 0.679 bits per heavy atom. The van der Waals surface area contributed by atoms with Gasteiger partial charge in [0.1, 0.15) is 46.0 Å². The van der Waals surface area contributed by atoms with E-state index in [1.807, 2.05) is 0 Å². The van der Waals surface area contributed by atoms with Gasteiger partial charge >= 0.3 is 0 Å². The third-order valence-electron chi connectivity index (χ3n) is 9.52. The van der Waals surface area contributed by atoms with Crippen molar-refractivity contribution < 1.29 is 40.9 Å². The highest BCUT2D eigenvalue weighted by molar-refractivity contribution is 6.00. The number of fused-ring (bicyclic) bond motifs is 8. The SMILES string of the molecule is Oc1cc(O)cc(-c2c3nc(c(-c4cc(O)cc(O)c4)c4ccc([nH]4)c(-c4cc(O)cc(O)c4)c4nc(c(-c5cc(O)cc(O)c5)c5ccc2[nH]5)C=C4)C=C3)c1. The van der Waals surface area contributed by atoms with Gasteiger partial charge in [0.15, 0.2) is 0 Å². The summed E-state index contributed by atoms with van der Waals surface area (Å²) < 4.78 is 0. The molecule has 0 atom stereocenters. The van der Waals surface area contributed by atoms with E-state index in [4.69, 9.17) is 9.97 Å². The van der Waals surface area contributed by atoms with Crippen molar-refractivity contribution in [3.8, 4) is 90.5 Å². The molecule has 9 rings (SSSR count). The molecule has 7 aromatic rings. The van der Waals surface area contributed by atoms with Crippen LogP contribution < -0.4 is 0 Å². The first-order chi connectivity index (χ1) is 26.9. The minimum Gasteiger partial charge on any atom is -0.508 e. The van der Waals surface area contributed by atoms with Crippen LogP contribution in [0.15, 0.2) is 97.1 Å². The van der Waals surface area contributed by atoms with Gasteiger partial charge in [-0.15, -0.1) is 0 Å². The summed E-state index contributed by atoms with van der Waals surface area (Å²) >= 11 is 0. The number of rotatable bonds is 4. The number of H-pyrrole nitrogens is 2. The quantitative estimate of drug-likeness (QED) is 0.0825. The molecule has 10 N–H and O–H groups in total. The minimum atomic E-state index is -0.178. The number of aromatic hydroxyl groups is 8. The Morgan fingerprint density at radius 1 is 0.286 bits per heavy atom.